The SMILES string of the molecule is FC(F)(CN(C(F)(F)F)C(F)(F)F)ON(C(F)(F)F)C(F)(F)F. The lowest BCUT2D eigenvalue weighted by Gasteiger charge is -2.33. The summed E-state index contributed by atoms with van der Waals surface area (Å²) in [5.41, 5.74) is 0. The number of hydrogen-bond acceptors (Lipinski definition) is 3. The number of alkyl halides is 14. The van der Waals surface area contributed by atoms with Crippen molar-refractivity contribution in [2.45, 2.75) is 31.3 Å². The van der Waals surface area contributed by atoms with Gasteiger partial charge in [0.05, 0.1) is 0 Å². The van der Waals surface area contributed by atoms with Crippen molar-refractivity contribution in [1.82, 2.24) is 9.96 Å². The highest BCUT2D eigenvalue weighted by atomic mass is 19.4. The molecule has 0 amide bonds. The van der Waals surface area contributed by atoms with E-state index in [2.05, 4.69) is 0 Å². The number of halogens is 14. The van der Waals surface area contributed by atoms with Crippen molar-refractivity contribution in [3.05, 3.63) is 0 Å². The van der Waals surface area contributed by atoms with Crippen LogP contribution in [-0.2, 0) is 4.84 Å². The van der Waals surface area contributed by atoms with E-state index in [1.165, 1.54) is 0 Å². The van der Waals surface area contributed by atoms with Gasteiger partial charge in [0.2, 0.25) is 0 Å². The maximum absolute atomic E-state index is 12.7. The second kappa shape index (κ2) is 6.08. The fraction of sp³-hybridized carbons (Fsp3) is 1.00. The molecule has 0 aromatic heterocycles. The second-order valence-electron chi connectivity index (χ2n) is 3.48. The molecule has 0 rings (SSSR count). The van der Waals surface area contributed by atoms with Crippen LogP contribution in [0.2, 0.25) is 0 Å². The first-order valence-corrected chi connectivity index (χ1v) is 4.60. The first-order valence-electron chi connectivity index (χ1n) is 4.60. The summed E-state index contributed by atoms with van der Waals surface area (Å²) in [6.07, 6.45) is -32.7. The summed E-state index contributed by atoms with van der Waals surface area (Å²) >= 11 is 0. The quantitative estimate of drug-likeness (QED) is 0.411. The zero-order valence-electron chi connectivity index (χ0n) is 9.80. The summed E-state index contributed by atoms with van der Waals surface area (Å²) < 4.78 is 168. The van der Waals surface area contributed by atoms with E-state index in [1.807, 2.05) is 4.84 Å². The first-order chi connectivity index (χ1) is 9.68. The summed E-state index contributed by atoms with van der Waals surface area (Å²) in [5, 5.41) is -3.33. The van der Waals surface area contributed by atoms with Gasteiger partial charge in [-0.25, -0.2) is 4.84 Å². The van der Waals surface area contributed by atoms with Crippen LogP contribution >= 0.6 is 0 Å². The van der Waals surface area contributed by atoms with Crippen molar-refractivity contribution < 1.29 is 66.3 Å². The van der Waals surface area contributed by atoms with Gasteiger partial charge < -0.3 is 0 Å². The molecule has 0 saturated heterocycles. The average Bonchev–Trinajstić information content (AvgIpc) is 2.16. The Morgan fingerprint density at radius 1 is 0.522 bits per heavy atom. The van der Waals surface area contributed by atoms with E-state index in [9.17, 15) is 61.5 Å². The van der Waals surface area contributed by atoms with Crippen LogP contribution in [0, 0.1) is 0 Å². The zero-order chi connectivity index (χ0) is 19.1. The molecule has 0 saturated carbocycles. The Labute approximate surface area is 115 Å². The molecular formula is C6H2F14N2O. The lowest BCUT2D eigenvalue weighted by atomic mass is 10.5. The Hall–Kier alpha value is -1.10. The van der Waals surface area contributed by atoms with Crippen molar-refractivity contribution in [3.8, 4) is 0 Å². The van der Waals surface area contributed by atoms with Crippen LogP contribution in [-0.4, -0.2) is 47.8 Å². The third-order valence-corrected chi connectivity index (χ3v) is 1.64. The standard InChI is InChI=1S/C6H2F14N2O/c7-2(8,1-21(3(9,10)11)4(12,13)14)23-22(5(15,16)17)6(18,19)20/h1H2. The smallest absolute Gasteiger partial charge is 0.212 e. The lowest BCUT2D eigenvalue weighted by Crippen LogP contribution is -2.57. The van der Waals surface area contributed by atoms with Gasteiger partial charge in [0.15, 0.2) is 0 Å². The van der Waals surface area contributed by atoms with E-state index in [-0.39, 0.29) is 0 Å². The van der Waals surface area contributed by atoms with Crippen LogP contribution in [0.4, 0.5) is 61.5 Å². The molecule has 0 atom stereocenters. The summed E-state index contributed by atoms with van der Waals surface area (Å²) in [6.45, 7) is -3.71. The van der Waals surface area contributed by atoms with Gasteiger partial charge in [-0.05, 0) is 0 Å². The largest absolute Gasteiger partial charge is 0.490 e. The first kappa shape index (κ1) is 21.9. The summed E-state index contributed by atoms with van der Waals surface area (Å²) in [7, 11) is 0. The van der Waals surface area contributed by atoms with Crippen LogP contribution < -0.4 is 0 Å². The predicted octanol–water partition coefficient (Wildman–Crippen LogP) is 4.19. The van der Waals surface area contributed by atoms with Crippen LogP contribution in [0.1, 0.15) is 0 Å². The van der Waals surface area contributed by atoms with Crippen molar-refractivity contribution in [1.29, 1.82) is 0 Å². The molecule has 0 unspecified atom stereocenters. The molecule has 0 aliphatic rings. The third-order valence-electron chi connectivity index (χ3n) is 1.64. The molecule has 0 N–H and O–H groups in total. The summed E-state index contributed by atoms with van der Waals surface area (Å²) in [4.78, 5) is -0.957. The fourth-order valence-corrected chi connectivity index (χ4v) is 0.917. The molecule has 3 nitrogen and oxygen atoms in total. The number of nitrogens with zero attached hydrogens (tertiary/aromatic N) is 2. The highest BCUT2D eigenvalue weighted by molar-refractivity contribution is 4.70. The molecule has 0 aliphatic carbocycles. The molecular weight excluding hydrogens is 382 g/mol. The van der Waals surface area contributed by atoms with Gasteiger partial charge in [0.25, 0.3) is 0 Å². The molecule has 0 aromatic carbocycles. The highest BCUT2D eigenvalue weighted by Gasteiger charge is 2.63. The van der Waals surface area contributed by atoms with E-state index in [1.54, 1.807) is 0 Å². The molecule has 23 heavy (non-hydrogen) atoms. The Morgan fingerprint density at radius 2 is 0.826 bits per heavy atom. The average molecular weight is 384 g/mol. The Balaban J connectivity index is 5.47. The second-order valence-corrected chi connectivity index (χ2v) is 3.48. The van der Waals surface area contributed by atoms with Gasteiger partial charge in [-0.2, -0.15) is 61.5 Å². The van der Waals surface area contributed by atoms with Crippen molar-refractivity contribution in [2.75, 3.05) is 6.54 Å². The normalized spacial score (nSPS) is 15.7. The third kappa shape index (κ3) is 6.90. The molecule has 140 valence electrons. The van der Waals surface area contributed by atoms with Gasteiger partial charge in [0.1, 0.15) is 6.54 Å². The molecule has 0 aliphatic heterocycles. The van der Waals surface area contributed by atoms with E-state index < -0.39 is 47.8 Å². The lowest BCUT2D eigenvalue weighted by molar-refractivity contribution is -0.537. The van der Waals surface area contributed by atoms with Gasteiger partial charge in [-0.1, -0.05) is 0 Å². The molecule has 0 aromatic rings. The van der Waals surface area contributed by atoms with E-state index in [0.29, 0.717) is 0 Å². The number of hydrogen-bond donors (Lipinski definition) is 0. The highest BCUT2D eigenvalue weighted by Crippen LogP contribution is 2.40. The fourth-order valence-electron chi connectivity index (χ4n) is 0.917. The molecule has 0 bridgehead atoms. The molecule has 0 spiro atoms. The van der Waals surface area contributed by atoms with Gasteiger partial charge in [0, 0.05) is 5.06 Å². The van der Waals surface area contributed by atoms with E-state index in [0.717, 1.165) is 0 Å². The van der Waals surface area contributed by atoms with Crippen molar-refractivity contribution >= 4 is 0 Å². The van der Waals surface area contributed by atoms with Crippen LogP contribution in [0.5, 0.6) is 0 Å². The maximum Gasteiger partial charge on any atom is 0.490 e. The molecule has 0 radical (unpaired) electrons. The monoisotopic (exact) mass is 384 g/mol. The molecule has 17 heteroatoms. The minimum atomic E-state index is -6.72. The minimum absolute atomic E-state index is 2.00. The van der Waals surface area contributed by atoms with Gasteiger partial charge in [-0.3, -0.25) is 0 Å². The Morgan fingerprint density at radius 3 is 1.04 bits per heavy atom. The zero-order valence-corrected chi connectivity index (χ0v) is 9.80. The van der Waals surface area contributed by atoms with Crippen LogP contribution in [0.25, 0.3) is 0 Å². The van der Waals surface area contributed by atoms with Crippen molar-refractivity contribution in [3.63, 3.8) is 0 Å². The van der Waals surface area contributed by atoms with E-state index >= 15 is 0 Å². The summed E-state index contributed by atoms with van der Waals surface area (Å²) in [5.74, 6) is 0. The Bertz CT molecular complexity index is 326. The van der Waals surface area contributed by atoms with Gasteiger partial charge in [-0.15, -0.1) is 4.90 Å². The van der Waals surface area contributed by atoms with E-state index in [4.69, 9.17) is 0 Å². The number of hydroxylamine groups is 2. The topological polar surface area (TPSA) is 15.7 Å². The maximum atomic E-state index is 12.7. The number of rotatable bonds is 4. The van der Waals surface area contributed by atoms with Gasteiger partial charge >= 0.3 is 31.3 Å². The molecule has 0 fully saturated rings. The predicted molar refractivity (Wildman–Crippen MR) is 38.8 cm³/mol. The molecule has 0 heterocycles. The van der Waals surface area contributed by atoms with Crippen LogP contribution in [0.3, 0.4) is 0 Å². The van der Waals surface area contributed by atoms with Crippen LogP contribution in [0.15, 0.2) is 0 Å². The Kier molecular flexibility index (Phi) is 5.79. The summed E-state index contributed by atoms with van der Waals surface area (Å²) in [6, 6.07) is 0. The minimum Gasteiger partial charge on any atom is -0.212 e. The van der Waals surface area contributed by atoms with Crippen molar-refractivity contribution in [2.24, 2.45) is 0 Å².